The summed E-state index contributed by atoms with van der Waals surface area (Å²) in [6, 6.07) is -3.21. The molecule has 0 saturated carbocycles. The fourth-order valence-electron chi connectivity index (χ4n) is 0.646. The molecule has 2 N–H and O–H groups in total. The molecule has 0 saturated heterocycles. The summed E-state index contributed by atoms with van der Waals surface area (Å²) in [6.45, 7) is 4.83. The zero-order valence-electron chi connectivity index (χ0n) is 8.33. The number of carbonyl (C=O) groups excluding carboxylic acids is 1. The van der Waals surface area contributed by atoms with E-state index in [2.05, 4.69) is 0 Å². The van der Waals surface area contributed by atoms with Crippen molar-refractivity contribution in [1.29, 1.82) is 0 Å². The summed E-state index contributed by atoms with van der Waals surface area (Å²) >= 11 is 0. The van der Waals surface area contributed by atoms with Crippen LogP contribution in [0, 0.1) is 0 Å². The van der Waals surface area contributed by atoms with E-state index in [1.54, 1.807) is 26.1 Å². The quantitative estimate of drug-likeness (QED) is 0.672. The second-order valence-electron chi connectivity index (χ2n) is 3.73. The monoisotopic (exact) mass is 207 g/mol. The zero-order valence-corrected chi connectivity index (χ0v) is 8.33. The third-order valence-corrected chi connectivity index (χ3v) is 1.25. The van der Waals surface area contributed by atoms with Gasteiger partial charge < -0.3 is 15.2 Å². The normalized spacial score (nSPS) is 13.4. The summed E-state index contributed by atoms with van der Waals surface area (Å²) in [4.78, 5) is 20.5. The van der Waals surface area contributed by atoms with Gasteiger partial charge in [-0.15, -0.1) is 0 Å². The lowest BCUT2D eigenvalue weighted by molar-refractivity contribution is -0.134. The number of ether oxygens (including phenoxy) is 1. The van der Waals surface area contributed by atoms with Gasteiger partial charge in [0.1, 0.15) is 6.04 Å². The average Bonchev–Trinajstić information content (AvgIpc) is 1.94. The minimum absolute atomic E-state index is 0.314. The predicted octanol–water partition coefficient (Wildman–Crippen LogP) is 0.934. The van der Waals surface area contributed by atoms with Crippen molar-refractivity contribution in [2.75, 3.05) is 6.61 Å². The molecular weight excluding hydrogens is 193 g/mol. The second-order valence-corrected chi connectivity index (χ2v) is 3.73. The van der Waals surface area contributed by atoms with Gasteiger partial charge in [-0.3, -0.25) is 4.79 Å². The van der Waals surface area contributed by atoms with Crippen molar-refractivity contribution in [3.63, 3.8) is 0 Å². The summed E-state index contributed by atoms with van der Waals surface area (Å²) in [5.74, 6) is 0. The first-order valence-corrected chi connectivity index (χ1v) is 4.05. The largest absolute Gasteiger partial charge is 0.465 e. The highest BCUT2D eigenvalue weighted by molar-refractivity contribution is 5.79. The molecule has 1 atom stereocenters. The minimum Gasteiger partial charge on any atom is -0.465 e. The smallest absolute Gasteiger partial charge is 0.405 e. The number of nitrogens with one attached hydrogen (secondary N) is 1. The molecule has 5 nitrogen and oxygen atoms in total. The topological polar surface area (TPSA) is 75.6 Å². The minimum atomic E-state index is -1.75. The van der Waals surface area contributed by atoms with Crippen LogP contribution in [0.15, 0.2) is 0 Å². The van der Waals surface area contributed by atoms with Crippen LogP contribution in [0.5, 0.6) is 0 Å². The number of hydrogen-bond donors (Lipinski definition) is 2. The molecule has 0 radical (unpaired) electrons. The Bertz CT molecular complexity index is 224. The van der Waals surface area contributed by atoms with Crippen molar-refractivity contribution in [3.05, 3.63) is 0 Å². The fourth-order valence-corrected chi connectivity index (χ4v) is 0.646. The van der Waals surface area contributed by atoms with Crippen molar-refractivity contribution in [2.45, 2.75) is 32.4 Å². The summed E-state index contributed by atoms with van der Waals surface area (Å²) in [7, 11) is 0. The SMILES string of the molecule is CC(C)(C)OC[C@H](NC(=O)O)C(=O)F. The Kier molecular flexibility index (Phi) is 4.49. The van der Waals surface area contributed by atoms with Gasteiger partial charge in [-0.05, 0) is 20.8 Å². The Morgan fingerprint density at radius 2 is 2.00 bits per heavy atom. The molecule has 0 rings (SSSR count). The molecule has 82 valence electrons. The van der Waals surface area contributed by atoms with Gasteiger partial charge in [0.25, 0.3) is 0 Å². The van der Waals surface area contributed by atoms with Crippen LogP contribution in [0.25, 0.3) is 0 Å². The maximum absolute atomic E-state index is 12.3. The Morgan fingerprint density at radius 3 is 2.29 bits per heavy atom. The van der Waals surface area contributed by atoms with E-state index in [1.807, 2.05) is 0 Å². The lowest BCUT2D eigenvalue weighted by Gasteiger charge is -2.22. The molecule has 6 heteroatoms. The molecule has 0 aliphatic heterocycles. The van der Waals surface area contributed by atoms with Crippen LogP contribution in [-0.2, 0) is 9.53 Å². The fraction of sp³-hybridized carbons (Fsp3) is 0.750. The molecule has 0 aliphatic rings. The van der Waals surface area contributed by atoms with E-state index in [1.165, 1.54) is 0 Å². The van der Waals surface area contributed by atoms with E-state index >= 15 is 0 Å². The van der Waals surface area contributed by atoms with Crippen LogP contribution in [-0.4, -0.2) is 35.5 Å². The number of amides is 1. The molecule has 1 amide bonds. The maximum atomic E-state index is 12.3. The van der Waals surface area contributed by atoms with Crippen molar-refractivity contribution in [3.8, 4) is 0 Å². The van der Waals surface area contributed by atoms with Crippen LogP contribution in [0.1, 0.15) is 20.8 Å². The Morgan fingerprint density at radius 1 is 1.50 bits per heavy atom. The van der Waals surface area contributed by atoms with Gasteiger partial charge in [-0.1, -0.05) is 0 Å². The van der Waals surface area contributed by atoms with Gasteiger partial charge in [-0.2, -0.15) is 4.39 Å². The number of carbonyl (C=O) groups is 2. The van der Waals surface area contributed by atoms with Crippen LogP contribution in [0.2, 0.25) is 0 Å². The number of rotatable bonds is 4. The highest BCUT2D eigenvalue weighted by atomic mass is 19.1. The maximum Gasteiger partial charge on any atom is 0.405 e. The van der Waals surface area contributed by atoms with Gasteiger partial charge in [0.15, 0.2) is 0 Å². The van der Waals surface area contributed by atoms with Crippen molar-refractivity contribution < 1.29 is 23.8 Å². The number of hydrogen-bond acceptors (Lipinski definition) is 3. The number of halogens is 1. The third kappa shape index (κ3) is 6.36. The van der Waals surface area contributed by atoms with Crippen molar-refractivity contribution >= 4 is 12.1 Å². The van der Waals surface area contributed by atoms with Crippen LogP contribution >= 0.6 is 0 Å². The molecule has 0 bridgehead atoms. The molecule has 0 unspecified atom stereocenters. The Labute approximate surface area is 81.2 Å². The van der Waals surface area contributed by atoms with Crippen molar-refractivity contribution in [2.24, 2.45) is 0 Å². The molecule has 0 heterocycles. The third-order valence-electron chi connectivity index (χ3n) is 1.25. The average molecular weight is 207 g/mol. The first-order valence-electron chi connectivity index (χ1n) is 4.05. The lowest BCUT2D eigenvalue weighted by atomic mass is 10.2. The summed E-state index contributed by atoms with van der Waals surface area (Å²) in [5, 5.41) is 10.00. The van der Waals surface area contributed by atoms with E-state index in [4.69, 9.17) is 9.84 Å². The molecule has 0 fully saturated rings. The highest BCUT2D eigenvalue weighted by Gasteiger charge is 2.23. The van der Waals surface area contributed by atoms with E-state index in [9.17, 15) is 14.0 Å². The van der Waals surface area contributed by atoms with Gasteiger partial charge in [0.2, 0.25) is 0 Å². The van der Waals surface area contributed by atoms with Gasteiger partial charge >= 0.3 is 12.1 Å². The summed E-state index contributed by atoms with van der Waals surface area (Å²) in [6.07, 6.45) is -1.46. The Hall–Kier alpha value is -1.17. The Balaban J connectivity index is 4.11. The van der Waals surface area contributed by atoms with Crippen LogP contribution in [0.3, 0.4) is 0 Å². The van der Waals surface area contributed by atoms with E-state index < -0.39 is 23.8 Å². The predicted molar refractivity (Wildman–Crippen MR) is 46.8 cm³/mol. The van der Waals surface area contributed by atoms with E-state index in [-0.39, 0.29) is 6.61 Å². The standard InChI is InChI=1S/C8H14FNO4/c1-8(2,3)14-4-5(6(9)11)10-7(12)13/h5,10H,4H2,1-3H3,(H,12,13)/t5-/m0/s1. The van der Waals surface area contributed by atoms with Crippen molar-refractivity contribution in [1.82, 2.24) is 5.32 Å². The molecule has 0 aromatic rings. The highest BCUT2D eigenvalue weighted by Crippen LogP contribution is 2.07. The molecule has 0 aromatic carbocycles. The zero-order chi connectivity index (χ0) is 11.4. The lowest BCUT2D eigenvalue weighted by Crippen LogP contribution is -2.43. The van der Waals surface area contributed by atoms with Gasteiger partial charge in [-0.25, -0.2) is 4.79 Å². The van der Waals surface area contributed by atoms with Crippen LogP contribution < -0.4 is 5.32 Å². The van der Waals surface area contributed by atoms with Gasteiger partial charge in [0, 0.05) is 0 Å². The molecule has 14 heavy (non-hydrogen) atoms. The second kappa shape index (κ2) is 4.90. The van der Waals surface area contributed by atoms with E-state index in [0.717, 1.165) is 0 Å². The molecular formula is C8H14FNO4. The van der Waals surface area contributed by atoms with E-state index in [0.29, 0.717) is 0 Å². The molecule has 0 aromatic heterocycles. The summed E-state index contributed by atoms with van der Waals surface area (Å²) in [5.41, 5.74) is -0.548. The number of carboxylic acid groups (broad SMARTS) is 1. The molecule has 0 aliphatic carbocycles. The van der Waals surface area contributed by atoms with Gasteiger partial charge in [0.05, 0.1) is 12.2 Å². The summed E-state index contributed by atoms with van der Waals surface area (Å²) < 4.78 is 17.3. The molecule has 0 spiro atoms. The first kappa shape index (κ1) is 12.8. The van der Waals surface area contributed by atoms with Crippen LogP contribution in [0.4, 0.5) is 9.18 Å². The first-order chi connectivity index (χ1) is 6.22.